The zero-order valence-corrected chi connectivity index (χ0v) is 13.3. The number of aliphatic hydroxyl groups is 1. The van der Waals surface area contributed by atoms with Gasteiger partial charge >= 0.3 is 5.97 Å². The lowest BCUT2D eigenvalue weighted by Crippen LogP contribution is -2.53. The van der Waals surface area contributed by atoms with Gasteiger partial charge in [-0.1, -0.05) is 13.3 Å². The van der Waals surface area contributed by atoms with Gasteiger partial charge in [0.25, 0.3) is 0 Å². The fourth-order valence-electron chi connectivity index (χ4n) is 2.89. The fraction of sp³-hybridized carbons (Fsp3) is 0.929. The maximum absolute atomic E-state index is 12.1. The van der Waals surface area contributed by atoms with Gasteiger partial charge < -0.3 is 15.2 Å². The van der Waals surface area contributed by atoms with E-state index >= 15 is 0 Å². The number of thioether (sulfide) groups is 1. The zero-order valence-electron chi connectivity index (χ0n) is 12.4. The average Bonchev–Trinajstić information content (AvgIpc) is 2.81. The second kappa shape index (κ2) is 7.50. The van der Waals surface area contributed by atoms with Gasteiger partial charge in [0.1, 0.15) is 5.54 Å². The summed E-state index contributed by atoms with van der Waals surface area (Å²) in [5, 5.41) is 12.9. The monoisotopic (exact) mass is 289 g/mol. The van der Waals surface area contributed by atoms with Crippen molar-refractivity contribution < 1.29 is 14.6 Å². The summed E-state index contributed by atoms with van der Waals surface area (Å²) in [6.07, 6.45) is 3.69. The molecule has 0 aromatic carbocycles. The van der Waals surface area contributed by atoms with Crippen LogP contribution in [-0.4, -0.2) is 47.9 Å². The van der Waals surface area contributed by atoms with Crippen molar-refractivity contribution >= 4 is 17.7 Å². The van der Waals surface area contributed by atoms with E-state index in [4.69, 9.17) is 4.74 Å². The molecule has 5 heteroatoms. The number of hydrogen-bond acceptors (Lipinski definition) is 5. The Balaban J connectivity index is 2.54. The number of hydrogen-bond donors (Lipinski definition) is 2. The van der Waals surface area contributed by atoms with Crippen molar-refractivity contribution in [3.8, 4) is 0 Å². The smallest absolute Gasteiger partial charge is 0.326 e. The van der Waals surface area contributed by atoms with Crippen LogP contribution in [0.4, 0.5) is 0 Å². The van der Waals surface area contributed by atoms with Gasteiger partial charge in [0, 0.05) is 5.25 Å². The summed E-state index contributed by atoms with van der Waals surface area (Å²) in [5.41, 5.74) is -0.497. The molecule has 112 valence electrons. The molecule has 0 heterocycles. The highest BCUT2D eigenvalue weighted by atomic mass is 32.2. The van der Waals surface area contributed by atoms with E-state index in [2.05, 4.69) is 5.32 Å². The molecule has 0 saturated heterocycles. The van der Waals surface area contributed by atoms with Crippen LogP contribution in [0, 0.1) is 5.92 Å². The normalized spacial score (nSPS) is 30.1. The van der Waals surface area contributed by atoms with Crippen LogP contribution in [0.25, 0.3) is 0 Å². The standard InChI is InChI=1S/C14H27NO3S/c1-10(16)11(2)19-9-7-12-6-5-8-14(12,15-3)13(17)18-4/h10-12,15-16H,5-9H2,1-4H3. The van der Waals surface area contributed by atoms with Crippen LogP contribution in [-0.2, 0) is 9.53 Å². The van der Waals surface area contributed by atoms with Crippen LogP contribution in [0.2, 0.25) is 0 Å². The molecule has 19 heavy (non-hydrogen) atoms. The van der Waals surface area contributed by atoms with Crippen LogP contribution < -0.4 is 5.32 Å². The quantitative estimate of drug-likeness (QED) is 0.700. The maximum atomic E-state index is 12.1. The predicted octanol–water partition coefficient (Wildman–Crippen LogP) is 1.81. The highest BCUT2D eigenvalue weighted by molar-refractivity contribution is 7.99. The molecule has 1 rings (SSSR count). The molecular weight excluding hydrogens is 262 g/mol. The van der Waals surface area contributed by atoms with E-state index in [9.17, 15) is 9.90 Å². The third-order valence-corrected chi connectivity index (χ3v) is 5.73. The molecule has 0 aromatic rings. The Hall–Kier alpha value is -0.260. The molecule has 0 radical (unpaired) electrons. The summed E-state index contributed by atoms with van der Waals surface area (Å²) in [7, 11) is 3.31. The van der Waals surface area contributed by atoms with E-state index in [1.807, 2.05) is 20.9 Å². The molecule has 0 spiro atoms. The average molecular weight is 289 g/mol. The van der Waals surface area contributed by atoms with Gasteiger partial charge in [-0.05, 0) is 44.9 Å². The van der Waals surface area contributed by atoms with Crippen molar-refractivity contribution in [3.63, 3.8) is 0 Å². The van der Waals surface area contributed by atoms with E-state index in [0.717, 1.165) is 31.4 Å². The van der Waals surface area contributed by atoms with Gasteiger partial charge in [-0.3, -0.25) is 4.79 Å². The van der Waals surface area contributed by atoms with Crippen molar-refractivity contribution in [1.29, 1.82) is 0 Å². The first kappa shape index (κ1) is 16.8. The number of likely N-dealkylation sites (N-methyl/N-ethyl adjacent to an activating group) is 1. The van der Waals surface area contributed by atoms with Gasteiger partial charge in [-0.2, -0.15) is 11.8 Å². The van der Waals surface area contributed by atoms with E-state index in [1.165, 1.54) is 7.11 Å². The SMILES string of the molecule is CNC1(C(=O)OC)CCCC1CCSC(C)C(C)O. The molecule has 2 N–H and O–H groups in total. The molecule has 0 aromatic heterocycles. The number of carbonyl (C=O) groups is 1. The summed E-state index contributed by atoms with van der Waals surface area (Å²) in [5.74, 6) is 1.17. The zero-order chi connectivity index (χ0) is 14.5. The second-order valence-corrected chi connectivity index (χ2v) is 6.89. The van der Waals surface area contributed by atoms with Crippen molar-refractivity contribution in [1.82, 2.24) is 5.32 Å². The molecule has 4 unspecified atom stereocenters. The highest BCUT2D eigenvalue weighted by Gasteiger charge is 2.48. The first-order valence-corrected chi connectivity index (χ1v) is 8.09. The second-order valence-electron chi connectivity index (χ2n) is 5.41. The van der Waals surface area contributed by atoms with Crippen molar-refractivity contribution in [2.75, 3.05) is 19.9 Å². The van der Waals surface area contributed by atoms with Crippen molar-refractivity contribution in [2.24, 2.45) is 5.92 Å². The highest BCUT2D eigenvalue weighted by Crippen LogP contribution is 2.39. The summed E-state index contributed by atoms with van der Waals surface area (Å²) in [6.45, 7) is 3.86. The number of methoxy groups -OCH3 is 1. The van der Waals surface area contributed by atoms with Gasteiger partial charge in [0.05, 0.1) is 13.2 Å². The van der Waals surface area contributed by atoms with E-state index < -0.39 is 5.54 Å². The van der Waals surface area contributed by atoms with Gasteiger partial charge in [-0.25, -0.2) is 0 Å². The molecule has 1 saturated carbocycles. The number of carbonyl (C=O) groups excluding carboxylic acids is 1. The number of ether oxygens (including phenoxy) is 1. The van der Waals surface area contributed by atoms with Crippen molar-refractivity contribution in [2.45, 2.75) is 56.4 Å². The lowest BCUT2D eigenvalue weighted by atomic mass is 9.85. The minimum Gasteiger partial charge on any atom is -0.468 e. The van der Waals surface area contributed by atoms with Crippen LogP contribution in [0.5, 0.6) is 0 Å². The largest absolute Gasteiger partial charge is 0.468 e. The molecule has 1 aliphatic carbocycles. The molecule has 1 aliphatic rings. The number of nitrogens with one attached hydrogen (secondary N) is 1. The van der Waals surface area contributed by atoms with E-state index in [-0.39, 0.29) is 17.3 Å². The molecule has 4 nitrogen and oxygen atoms in total. The minimum atomic E-state index is -0.497. The predicted molar refractivity (Wildman–Crippen MR) is 79.4 cm³/mol. The summed E-state index contributed by atoms with van der Waals surface area (Å²) < 4.78 is 4.98. The Morgan fingerprint density at radius 3 is 2.79 bits per heavy atom. The molecular formula is C14H27NO3S. The first-order valence-electron chi connectivity index (χ1n) is 7.05. The molecule has 0 amide bonds. The Labute approximate surface area is 120 Å². The summed E-state index contributed by atoms with van der Waals surface area (Å²) >= 11 is 1.77. The fourth-order valence-corrected chi connectivity index (χ4v) is 3.96. The van der Waals surface area contributed by atoms with Crippen LogP contribution in [0.3, 0.4) is 0 Å². The lowest BCUT2D eigenvalue weighted by Gasteiger charge is -2.32. The third-order valence-electron chi connectivity index (χ3n) is 4.34. The van der Waals surface area contributed by atoms with Gasteiger partial charge in [0.2, 0.25) is 0 Å². The Morgan fingerprint density at radius 1 is 1.58 bits per heavy atom. The molecule has 0 bridgehead atoms. The van der Waals surface area contributed by atoms with Gasteiger partial charge in [0.15, 0.2) is 0 Å². The van der Waals surface area contributed by atoms with E-state index in [1.54, 1.807) is 11.8 Å². The van der Waals surface area contributed by atoms with Crippen LogP contribution in [0.1, 0.15) is 39.5 Å². The number of esters is 1. The summed E-state index contributed by atoms with van der Waals surface area (Å²) in [6, 6.07) is 0. The molecule has 0 aliphatic heterocycles. The molecule has 4 atom stereocenters. The minimum absolute atomic E-state index is 0.133. The van der Waals surface area contributed by atoms with Crippen molar-refractivity contribution in [3.05, 3.63) is 0 Å². The number of aliphatic hydroxyl groups excluding tert-OH is 1. The topological polar surface area (TPSA) is 58.6 Å². The maximum Gasteiger partial charge on any atom is 0.326 e. The third kappa shape index (κ3) is 3.86. The summed E-state index contributed by atoms with van der Waals surface area (Å²) in [4.78, 5) is 12.1. The van der Waals surface area contributed by atoms with Gasteiger partial charge in [-0.15, -0.1) is 0 Å². The first-order chi connectivity index (χ1) is 8.97. The Morgan fingerprint density at radius 2 is 2.26 bits per heavy atom. The Kier molecular flexibility index (Phi) is 6.63. The lowest BCUT2D eigenvalue weighted by molar-refractivity contribution is -0.150. The molecule has 1 fully saturated rings. The van der Waals surface area contributed by atoms with Crippen LogP contribution in [0.15, 0.2) is 0 Å². The van der Waals surface area contributed by atoms with E-state index in [0.29, 0.717) is 5.92 Å². The number of rotatable bonds is 7. The van der Waals surface area contributed by atoms with Crippen LogP contribution >= 0.6 is 11.8 Å². The Bertz CT molecular complexity index is 298.